The largest absolute Gasteiger partial charge is 0.466 e. The number of hydrogen-bond donors (Lipinski definition) is 0. The molecule has 0 atom stereocenters. The van der Waals surface area contributed by atoms with Crippen LogP contribution in [0.15, 0.2) is 54.6 Å². The summed E-state index contributed by atoms with van der Waals surface area (Å²) >= 11 is 0. The van der Waals surface area contributed by atoms with Crippen molar-refractivity contribution in [3.05, 3.63) is 60.2 Å². The molecule has 0 aliphatic carbocycles. The van der Waals surface area contributed by atoms with Crippen molar-refractivity contribution in [3.8, 4) is 0 Å². The van der Waals surface area contributed by atoms with Gasteiger partial charge in [0.05, 0.1) is 6.61 Å². The van der Waals surface area contributed by atoms with Crippen molar-refractivity contribution in [3.63, 3.8) is 0 Å². The lowest BCUT2D eigenvalue weighted by molar-refractivity contribution is -0.143. The summed E-state index contributed by atoms with van der Waals surface area (Å²) in [4.78, 5) is 24.1. The number of esters is 1. The Morgan fingerprint density at radius 1 is 0.840 bits per heavy atom. The van der Waals surface area contributed by atoms with Crippen molar-refractivity contribution in [1.82, 2.24) is 0 Å². The highest BCUT2D eigenvalue weighted by Gasteiger charge is 2.13. The van der Waals surface area contributed by atoms with Crippen LogP contribution >= 0.6 is 0 Å². The third-order valence-electron chi connectivity index (χ3n) is 4.41. The first kappa shape index (κ1) is 17.2. The standard InChI is InChI=1S/C22H22O3/c1-2-25-22(24)14-8-7-13-21(23)20-15-16-9-3-4-10-17(16)18-11-5-6-12-19(18)20/h3-6,9-12,15H,2,7-8,13-14H2,1H3. The molecule has 0 unspecified atom stereocenters. The van der Waals surface area contributed by atoms with Crippen molar-refractivity contribution in [2.45, 2.75) is 32.6 Å². The lowest BCUT2D eigenvalue weighted by Crippen LogP contribution is -2.05. The number of rotatable bonds is 7. The molecule has 0 saturated carbocycles. The van der Waals surface area contributed by atoms with Crippen molar-refractivity contribution in [1.29, 1.82) is 0 Å². The summed E-state index contributed by atoms with van der Waals surface area (Å²) in [5.74, 6) is -0.0584. The molecule has 0 radical (unpaired) electrons. The first-order valence-corrected chi connectivity index (χ1v) is 8.80. The normalized spacial score (nSPS) is 10.9. The summed E-state index contributed by atoms with van der Waals surface area (Å²) in [5.41, 5.74) is 0.769. The van der Waals surface area contributed by atoms with Crippen LogP contribution in [0.5, 0.6) is 0 Å². The van der Waals surface area contributed by atoms with Crippen LogP contribution < -0.4 is 0 Å². The average Bonchev–Trinajstić information content (AvgIpc) is 2.64. The van der Waals surface area contributed by atoms with Crippen LogP contribution in [0, 0.1) is 0 Å². The van der Waals surface area contributed by atoms with Crippen LogP contribution in [0.4, 0.5) is 0 Å². The molecule has 0 fully saturated rings. The first-order valence-electron chi connectivity index (χ1n) is 8.80. The van der Waals surface area contributed by atoms with Gasteiger partial charge in [-0.3, -0.25) is 9.59 Å². The molecule has 0 N–H and O–H groups in total. The number of carbonyl (C=O) groups is 2. The van der Waals surface area contributed by atoms with Gasteiger partial charge in [0.2, 0.25) is 0 Å². The smallest absolute Gasteiger partial charge is 0.305 e. The minimum Gasteiger partial charge on any atom is -0.466 e. The molecule has 0 heterocycles. The van der Waals surface area contributed by atoms with E-state index in [0.717, 1.165) is 27.1 Å². The Morgan fingerprint density at radius 2 is 1.48 bits per heavy atom. The third-order valence-corrected chi connectivity index (χ3v) is 4.41. The minimum absolute atomic E-state index is 0.130. The van der Waals surface area contributed by atoms with Crippen molar-refractivity contribution < 1.29 is 14.3 Å². The van der Waals surface area contributed by atoms with E-state index >= 15 is 0 Å². The van der Waals surface area contributed by atoms with E-state index in [1.54, 1.807) is 6.92 Å². The lowest BCUT2D eigenvalue weighted by Gasteiger charge is -2.10. The van der Waals surface area contributed by atoms with Gasteiger partial charge >= 0.3 is 5.97 Å². The van der Waals surface area contributed by atoms with Crippen molar-refractivity contribution in [2.75, 3.05) is 6.61 Å². The van der Waals surface area contributed by atoms with Gasteiger partial charge in [0.25, 0.3) is 0 Å². The molecular weight excluding hydrogens is 312 g/mol. The van der Waals surface area contributed by atoms with Gasteiger partial charge in [-0.25, -0.2) is 0 Å². The van der Waals surface area contributed by atoms with E-state index in [2.05, 4.69) is 12.1 Å². The maximum absolute atomic E-state index is 12.8. The van der Waals surface area contributed by atoms with Crippen molar-refractivity contribution in [2.24, 2.45) is 0 Å². The van der Waals surface area contributed by atoms with Gasteiger partial charge in [-0.1, -0.05) is 48.5 Å². The average molecular weight is 334 g/mol. The number of hydrogen-bond acceptors (Lipinski definition) is 3. The molecule has 0 spiro atoms. The summed E-state index contributed by atoms with van der Waals surface area (Å²) in [5, 5.41) is 4.35. The Hall–Kier alpha value is -2.68. The molecule has 0 amide bonds. The van der Waals surface area contributed by atoms with E-state index in [4.69, 9.17) is 4.74 Å². The van der Waals surface area contributed by atoms with Crippen molar-refractivity contribution >= 4 is 33.3 Å². The Bertz CT molecular complexity index is 911. The van der Waals surface area contributed by atoms with Gasteiger partial charge < -0.3 is 4.74 Å². The molecule has 0 aromatic heterocycles. The van der Waals surface area contributed by atoms with Gasteiger partial charge in [0.1, 0.15) is 0 Å². The summed E-state index contributed by atoms with van der Waals surface area (Å²) in [6, 6.07) is 18.2. The number of ether oxygens (including phenoxy) is 1. The van der Waals surface area contributed by atoms with E-state index in [0.29, 0.717) is 32.3 Å². The van der Waals surface area contributed by atoms with E-state index in [-0.39, 0.29) is 11.8 Å². The number of fused-ring (bicyclic) bond motifs is 3. The predicted molar refractivity (Wildman–Crippen MR) is 101 cm³/mol. The highest BCUT2D eigenvalue weighted by molar-refractivity contribution is 6.17. The molecule has 128 valence electrons. The zero-order valence-corrected chi connectivity index (χ0v) is 14.5. The van der Waals surface area contributed by atoms with E-state index in [1.165, 1.54) is 0 Å². The fourth-order valence-corrected chi connectivity index (χ4v) is 3.21. The van der Waals surface area contributed by atoms with Gasteiger partial charge in [-0.05, 0) is 47.4 Å². The number of unbranched alkanes of at least 4 members (excludes halogenated alkanes) is 1. The third kappa shape index (κ3) is 3.87. The summed E-state index contributed by atoms with van der Waals surface area (Å²) < 4.78 is 4.92. The molecule has 0 aliphatic rings. The van der Waals surface area contributed by atoms with Gasteiger partial charge in [-0.15, -0.1) is 0 Å². The lowest BCUT2D eigenvalue weighted by atomic mass is 9.93. The Kier molecular flexibility index (Phi) is 5.44. The summed E-state index contributed by atoms with van der Waals surface area (Å²) in [6.07, 6.45) is 2.19. The number of ketones is 1. The zero-order chi connectivity index (χ0) is 17.6. The van der Waals surface area contributed by atoms with Gasteiger partial charge in [-0.2, -0.15) is 0 Å². The maximum Gasteiger partial charge on any atom is 0.305 e. The topological polar surface area (TPSA) is 43.4 Å². The second-order valence-corrected chi connectivity index (χ2v) is 6.13. The Labute approximate surface area is 147 Å². The maximum atomic E-state index is 12.8. The molecule has 3 aromatic rings. The van der Waals surface area contributed by atoms with E-state index < -0.39 is 0 Å². The quantitative estimate of drug-likeness (QED) is 0.255. The monoisotopic (exact) mass is 334 g/mol. The summed E-state index contributed by atoms with van der Waals surface area (Å²) in [6.45, 7) is 2.20. The Morgan fingerprint density at radius 3 is 2.24 bits per heavy atom. The Balaban J connectivity index is 1.80. The fourth-order valence-electron chi connectivity index (χ4n) is 3.21. The summed E-state index contributed by atoms with van der Waals surface area (Å²) in [7, 11) is 0. The molecule has 3 aromatic carbocycles. The molecule has 0 aliphatic heterocycles. The molecule has 3 nitrogen and oxygen atoms in total. The van der Waals surface area contributed by atoms with E-state index in [9.17, 15) is 9.59 Å². The fraction of sp³-hybridized carbons (Fsp3) is 0.273. The number of Topliss-reactive ketones (excluding diaryl/α,β-unsaturated/α-hetero) is 1. The SMILES string of the molecule is CCOC(=O)CCCCC(=O)c1cc2ccccc2c2ccccc12. The second kappa shape index (κ2) is 7.93. The molecule has 0 bridgehead atoms. The molecule has 0 saturated heterocycles. The molecule has 3 heteroatoms. The van der Waals surface area contributed by atoms with Gasteiger partial charge in [0, 0.05) is 18.4 Å². The van der Waals surface area contributed by atoms with Crippen LogP contribution in [-0.4, -0.2) is 18.4 Å². The molecule has 3 rings (SSSR count). The van der Waals surface area contributed by atoms with Crippen LogP contribution in [0.25, 0.3) is 21.5 Å². The number of carbonyl (C=O) groups excluding carboxylic acids is 2. The second-order valence-electron chi connectivity index (χ2n) is 6.13. The highest BCUT2D eigenvalue weighted by atomic mass is 16.5. The van der Waals surface area contributed by atoms with Crippen LogP contribution in [0.2, 0.25) is 0 Å². The number of benzene rings is 3. The first-order chi connectivity index (χ1) is 12.2. The molecule has 25 heavy (non-hydrogen) atoms. The van der Waals surface area contributed by atoms with Crippen LogP contribution in [-0.2, 0) is 9.53 Å². The zero-order valence-electron chi connectivity index (χ0n) is 14.5. The highest BCUT2D eigenvalue weighted by Crippen LogP contribution is 2.29. The van der Waals surface area contributed by atoms with Crippen LogP contribution in [0.3, 0.4) is 0 Å². The predicted octanol–water partition coefficient (Wildman–Crippen LogP) is 5.30. The van der Waals surface area contributed by atoms with Gasteiger partial charge in [0.15, 0.2) is 5.78 Å². The minimum atomic E-state index is -0.189. The molecular formula is C22H22O3. The van der Waals surface area contributed by atoms with E-state index in [1.807, 2.05) is 42.5 Å². The van der Waals surface area contributed by atoms with Crippen LogP contribution in [0.1, 0.15) is 43.0 Å².